The molecule has 3 rings (SSSR count). The fourth-order valence-electron chi connectivity index (χ4n) is 2.65. The van der Waals surface area contributed by atoms with Crippen molar-refractivity contribution in [3.05, 3.63) is 53.8 Å². The maximum Gasteiger partial charge on any atom is 0.260 e. The molecule has 10 heteroatoms. The Labute approximate surface area is 168 Å². The first kappa shape index (κ1) is 20.6. The summed E-state index contributed by atoms with van der Waals surface area (Å²) in [6.45, 7) is 2.14. The number of hydrogen-bond acceptors (Lipinski definition) is 6. The van der Waals surface area contributed by atoms with E-state index in [1.165, 1.54) is 12.1 Å². The third kappa shape index (κ3) is 5.23. The lowest BCUT2D eigenvalue weighted by Gasteiger charge is -2.21. The highest BCUT2D eigenvalue weighted by molar-refractivity contribution is 7.92. The molecule has 0 saturated heterocycles. The largest absolute Gasteiger partial charge is 0.486 e. The lowest BCUT2D eigenvalue weighted by molar-refractivity contribution is -0.119. The monoisotopic (exact) mass is 421 g/mol. The van der Waals surface area contributed by atoms with Crippen molar-refractivity contribution < 1.29 is 27.1 Å². The van der Waals surface area contributed by atoms with Crippen molar-refractivity contribution in [2.75, 3.05) is 30.3 Å². The highest BCUT2D eigenvalue weighted by Gasteiger charge is 2.21. The van der Waals surface area contributed by atoms with Gasteiger partial charge in [0, 0.05) is 5.56 Å². The van der Waals surface area contributed by atoms with E-state index in [0.717, 1.165) is 22.7 Å². The molecule has 2 aromatic rings. The van der Waals surface area contributed by atoms with Crippen LogP contribution in [0.25, 0.3) is 0 Å². The van der Waals surface area contributed by atoms with Gasteiger partial charge in [0.2, 0.25) is 10.0 Å². The Balaban J connectivity index is 1.70. The zero-order valence-electron chi connectivity index (χ0n) is 15.9. The lowest BCUT2D eigenvalue weighted by atomic mass is 10.1. The van der Waals surface area contributed by atoms with Crippen molar-refractivity contribution in [1.29, 1.82) is 0 Å². The molecule has 1 N–H and O–H groups in total. The highest BCUT2D eigenvalue weighted by atomic mass is 32.2. The van der Waals surface area contributed by atoms with Crippen LogP contribution >= 0.6 is 0 Å². The molecule has 8 nitrogen and oxygen atoms in total. The average Bonchev–Trinajstić information content (AvgIpc) is 2.70. The van der Waals surface area contributed by atoms with E-state index in [9.17, 15) is 17.6 Å². The molecule has 0 unspecified atom stereocenters. The normalized spacial score (nSPS) is 13.7. The number of halogens is 1. The number of amides is 1. The Morgan fingerprint density at radius 2 is 1.79 bits per heavy atom. The minimum atomic E-state index is -3.76. The molecule has 0 aromatic heterocycles. The summed E-state index contributed by atoms with van der Waals surface area (Å²) >= 11 is 0. The molecule has 1 amide bonds. The molecule has 29 heavy (non-hydrogen) atoms. The van der Waals surface area contributed by atoms with Crippen LogP contribution in [0, 0.1) is 5.82 Å². The van der Waals surface area contributed by atoms with Crippen LogP contribution in [0.5, 0.6) is 11.5 Å². The second-order valence-electron chi connectivity index (χ2n) is 6.34. The Bertz CT molecular complexity index is 1040. The summed E-state index contributed by atoms with van der Waals surface area (Å²) in [6, 6.07) is 10.1. The van der Waals surface area contributed by atoms with Gasteiger partial charge in [-0.15, -0.1) is 0 Å². The first-order chi connectivity index (χ1) is 13.7. The van der Waals surface area contributed by atoms with Gasteiger partial charge in [0.25, 0.3) is 5.91 Å². The number of rotatable bonds is 6. The number of benzene rings is 2. The van der Waals surface area contributed by atoms with Gasteiger partial charge in [-0.25, -0.2) is 18.2 Å². The molecule has 0 saturated carbocycles. The molecule has 1 heterocycles. The lowest BCUT2D eigenvalue weighted by Crippen LogP contribution is -2.39. The number of anilines is 1. The van der Waals surface area contributed by atoms with Gasteiger partial charge < -0.3 is 9.47 Å². The fourth-order valence-corrected chi connectivity index (χ4v) is 3.51. The Morgan fingerprint density at radius 3 is 2.45 bits per heavy atom. The van der Waals surface area contributed by atoms with Crippen molar-refractivity contribution in [1.82, 2.24) is 5.43 Å². The Hall–Kier alpha value is -3.14. The summed E-state index contributed by atoms with van der Waals surface area (Å²) in [7, 11) is -3.76. The maximum absolute atomic E-state index is 13.1. The zero-order chi connectivity index (χ0) is 21.0. The second kappa shape index (κ2) is 8.48. The molecule has 0 bridgehead atoms. The highest BCUT2D eigenvalue weighted by Crippen LogP contribution is 2.30. The van der Waals surface area contributed by atoms with Crippen LogP contribution < -0.4 is 19.2 Å². The smallest absolute Gasteiger partial charge is 0.260 e. The van der Waals surface area contributed by atoms with Gasteiger partial charge in [0.05, 0.1) is 17.7 Å². The van der Waals surface area contributed by atoms with Gasteiger partial charge in [-0.2, -0.15) is 5.10 Å². The van der Waals surface area contributed by atoms with E-state index < -0.39 is 28.3 Å². The maximum atomic E-state index is 13.1. The number of hydrazone groups is 1. The molecule has 2 aromatic carbocycles. The number of ether oxygens (including phenoxy) is 2. The van der Waals surface area contributed by atoms with Crippen molar-refractivity contribution in [2.45, 2.75) is 6.92 Å². The molecular weight excluding hydrogens is 401 g/mol. The molecule has 154 valence electrons. The van der Waals surface area contributed by atoms with Gasteiger partial charge in [-0.05, 0) is 49.4 Å². The van der Waals surface area contributed by atoms with E-state index in [-0.39, 0.29) is 5.69 Å². The summed E-state index contributed by atoms with van der Waals surface area (Å²) in [5.74, 6) is 0.0806. The minimum Gasteiger partial charge on any atom is -0.486 e. The topological polar surface area (TPSA) is 97.3 Å². The predicted molar refractivity (Wildman–Crippen MR) is 106 cm³/mol. The van der Waals surface area contributed by atoms with Gasteiger partial charge in [0.1, 0.15) is 25.6 Å². The summed E-state index contributed by atoms with van der Waals surface area (Å²) in [5.41, 5.74) is 3.74. The van der Waals surface area contributed by atoms with Gasteiger partial charge in [0.15, 0.2) is 11.5 Å². The van der Waals surface area contributed by atoms with E-state index >= 15 is 0 Å². The number of sulfonamides is 1. The van der Waals surface area contributed by atoms with Gasteiger partial charge in [-0.3, -0.25) is 9.10 Å². The quantitative estimate of drug-likeness (QED) is 0.568. The number of hydrogen-bond donors (Lipinski definition) is 1. The van der Waals surface area contributed by atoms with Gasteiger partial charge >= 0.3 is 0 Å². The van der Waals surface area contributed by atoms with E-state index in [1.54, 1.807) is 25.1 Å². The molecule has 0 spiro atoms. The SMILES string of the molecule is CC(=NNC(=O)CN(c1ccc(F)cc1)S(C)(=O)=O)c1ccc2c(c1)OCCO2. The van der Waals surface area contributed by atoms with Crippen LogP contribution in [0.2, 0.25) is 0 Å². The Morgan fingerprint density at radius 1 is 1.14 bits per heavy atom. The zero-order valence-corrected chi connectivity index (χ0v) is 16.7. The Kier molecular flexibility index (Phi) is 6.02. The first-order valence-corrected chi connectivity index (χ1v) is 10.6. The van der Waals surface area contributed by atoms with Crippen LogP contribution in [0.15, 0.2) is 47.6 Å². The average molecular weight is 421 g/mol. The van der Waals surface area contributed by atoms with Crippen molar-refractivity contribution >= 4 is 27.3 Å². The van der Waals surface area contributed by atoms with Crippen LogP contribution in [0.4, 0.5) is 10.1 Å². The molecule has 0 fully saturated rings. The van der Waals surface area contributed by atoms with Crippen LogP contribution in [-0.4, -0.2) is 46.1 Å². The molecular formula is C19H20FN3O5S. The predicted octanol–water partition coefficient (Wildman–Crippen LogP) is 1.90. The van der Waals surface area contributed by atoms with E-state index in [0.29, 0.717) is 36.0 Å². The van der Waals surface area contributed by atoms with Crippen LogP contribution in [0.3, 0.4) is 0 Å². The molecule has 0 aliphatic carbocycles. The third-order valence-electron chi connectivity index (χ3n) is 4.11. The molecule has 0 radical (unpaired) electrons. The van der Waals surface area contributed by atoms with Gasteiger partial charge in [-0.1, -0.05) is 0 Å². The number of carbonyl (C=O) groups excluding carboxylic acids is 1. The molecule has 0 atom stereocenters. The first-order valence-electron chi connectivity index (χ1n) is 8.70. The number of fused-ring (bicyclic) bond motifs is 1. The van der Waals surface area contributed by atoms with Crippen molar-refractivity contribution in [2.24, 2.45) is 5.10 Å². The molecule has 1 aliphatic rings. The van der Waals surface area contributed by atoms with E-state index in [2.05, 4.69) is 10.5 Å². The number of nitrogens with one attached hydrogen (secondary N) is 1. The third-order valence-corrected chi connectivity index (χ3v) is 5.25. The van der Waals surface area contributed by atoms with Crippen molar-refractivity contribution in [3.63, 3.8) is 0 Å². The van der Waals surface area contributed by atoms with Crippen molar-refractivity contribution in [3.8, 4) is 11.5 Å². The van der Waals surface area contributed by atoms with E-state index in [1.807, 2.05) is 0 Å². The summed E-state index contributed by atoms with van der Waals surface area (Å²) in [6.07, 6.45) is 0.966. The number of carbonyl (C=O) groups is 1. The standard InChI is InChI=1S/C19H20FN3O5S/c1-13(14-3-8-17-18(11-14)28-10-9-27-17)21-22-19(24)12-23(29(2,25)26)16-6-4-15(20)5-7-16/h3-8,11H,9-10,12H2,1-2H3,(H,22,24). The summed E-state index contributed by atoms with van der Waals surface area (Å²) < 4.78 is 49.0. The fraction of sp³-hybridized carbons (Fsp3) is 0.263. The van der Waals surface area contributed by atoms with Crippen LogP contribution in [0.1, 0.15) is 12.5 Å². The summed E-state index contributed by atoms with van der Waals surface area (Å²) in [4.78, 5) is 12.3. The number of nitrogens with zero attached hydrogens (tertiary/aromatic N) is 2. The minimum absolute atomic E-state index is 0.177. The van der Waals surface area contributed by atoms with Crippen LogP contribution in [-0.2, 0) is 14.8 Å². The summed E-state index contributed by atoms with van der Waals surface area (Å²) in [5, 5.41) is 4.03. The van der Waals surface area contributed by atoms with E-state index in [4.69, 9.17) is 9.47 Å². The molecule has 1 aliphatic heterocycles. The second-order valence-corrected chi connectivity index (χ2v) is 8.24.